The van der Waals surface area contributed by atoms with E-state index in [9.17, 15) is 0 Å². The molecular weight excluding hydrogens is 268 g/mol. The Bertz CT molecular complexity index is 638. The SMILES string of the molecule is Nc1ccc2nc(CN3CCC4(CC3)OCCO4)[nH]c2c1. The van der Waals surface area contributed by atoms with Gasteiger partial charge in [0.15, 0.2) is 5.79 Å². The summed E-state index contributed by atoms with van der Waals surface area (Å²) < 4.78 is 11.5. The minimum absolute atomic E-state index is 0.307. The van der Waals surface area contributed by atoms with Gasteiger partial charge in [-0.2, -0.15) is 0 Å². The van der Waals surface area contributed by atoms with Crippen LogP contribution >= 0.6 is 0 Å². The molecule has 3 heterocycles. The molecular formula is C15H20N4O2. The first kappa shape index (κ1) is 13.1. The molecule has 1 spiro atoms. The molecule has 0 unspecified atom stereocenters. The quantitative estimate of drug-likeness (QED) is 0.819. The zero-order valence-electron chi connectivity index (χ0n) is 12.0. The number of anilines is 1. The highest BCUT2D eigenvalue weighted by Gasteiger charge is 2.39. The van der Waals surface area contributed by atoms with E-state index in [1.54, 1.807) is 0 Å². The van der Waals surface area contributed by atoms with Gasteiger partial charge in [-0.15, -0.1) is 0 Å². The lowest BCUT2D eigenvalue weighted by Gasteiger charge is -2.37. The van der Waals surface area contributed by atoms with Crippen LogP contribution in [0, 0.1) is 0 Å². The van der Waals surface area contributed by atoms with Crippen LogP contribution in [0.15, 0.2) is 18.2 Å². The minimum atomic E-state index is -0.307. The normalized spacial score (nSPS) is 22.3. The third-order valence-electron chi connectivity index (χ3n) is 4.36. The van der Waals surface area contributed by atoms with Gasteiger partial charge in [-0.1, -0.05) is 0 Å². The van der Waals surface area contributed by atoms with Crippen molar-refractivity contribution in [3.8, 4) is 0 Å². The van der Waals surface area contributed by atoms with Crippen molar-refractivity contribution < 1.29 is 9.47 Å². The van der Waals surface area contributed by atoms with E-state index in [2.05, 4.69) is 14.9 Å². The number of nitrogens with zero attached hydrogens (tertiary/aromatic N) is 2. The Morgan fingerprint density at radius 3 is 2.76 bits per heavy atom. The number of hydrogen-bond acceptors (Lipinski definition) is 5. The first-order valence-electron chi connectivity index (χ1n) is 7.47. The first-order valence-corrected chi connectivity index (χ1v) is 7.47. The molecule has 0 saturated carbocycles. The first-order chi connectivity index (χ1) is 10.2. The fourth-order valence-corrected chi connectivity index (χ4v) is 3.20. The highest BCUT2D eigenvalue weighted by Crippen LogP contribution is 2.31. The van der Waals surface area contributed by atoms with Crippen molar-refractivity contribution in [2.75, 3.05) is 32.0 Å². The molecule has 2 aliphatic heterocycles. The van der Waals surface area contributed by atoms with Crippen LogP contribution in [-0.2, 0) is 16.0 Å². The number of piperidine rings is 1. The van der Waals surface area contributed by atoms with Crippen molar-refractivity contribution in [1.29, 1.82) is 0 Å². The number of benzene rings is 1. The summed E-state index contributed by atoms with van der Waals surface area (Å²) in [5, 5.41) is 0. The Hall–Kier alpha value is -1.63. The molecule has 0 bridgehead atoms. The van der Waals surface area contributed by atoms with Gasteiger partial charge in [-0.25, -0.2) is 4.98 Å². The van der Waals surface area contributed by atoms with E-state index in [0.717, 1.165) is 68.2 Å². The molecule has 6 heteroatoms. The number of aromatic nitrogens is 2. The molecule has 0 atom stereocenters. The Balaban J connectivity index is 1.43. The van der Waals surface area contributed by atoms with Gasteiger partial charge in [0.1, 0.15) is 5.82 Å². The third-order valence-corrected chi connectivity index (χ3v) is 4.36. The summed E-state index contributed by atoms with van der Waals surface area (Å²) in [7, 11) is 0. The number of likely N-dealkylation sites (tertiary alicyclic amines) is 1. The molecule has 0 radical (unpaired) electrons. The molecule has 1 aromatic carbocycles. The number of fused-ring (bicyclic) bond motifs is 1. The molecule has 112 valence electrons. The molecule has 0 amide bonds. The van der Waals surface area contributed by atoms with Crippen LogP contribution in [-0.4, -0.2) is 47.0 Å². The van der Waals surface area contributed by atoms with Gasteiger partial charge in [0.25, 0.3) is 0 Å². The fourth-order valence-electron chi connectivity index (χ4n) is 3.20. The lowest BCUT2D eigenvalue weighted by Crippen LogP contribution is -2.44. The lowest BCUT2D eigenvalue weighted by atomic mass is 10.0. The van der Waals surface area contributed by atoms with Crippen molar-refractivity contribution >= 4 is 16.7 Å². The number of nitrogen functional groups attached to an aromatic ring is 1. The van der Waals surface area contributed by atoms with Crippen molar-refractivity contribution in [3.05, 3.63) is 24.0 Å². The molecule has 1 aromatic heterocycles. The van der Waals surface area contributed by atoms with E-state index < -0.39 is 0 Å². The average molecular weight is 288 g/mol. The maximum absolute atomic E-state index is 5.80. The van der Waals surface area contributed by atoms with Crippen LogP contribution in [0.2, 0.25) is 0 Å². The monoisotopic (exact) mass is 288 g/mol. The van der Waals surface area contributed by atoms with E-state index >= 15 is 0 Å². The van der Waals surface area contributed by atoms with E-state index in [4.69, 9.17) is 15.2 Å². The Morgan fingerprint density at radius 2 is 2.00 bits per heavy atom. The van der Waals surface area contributed by atoms with Crippen LogP contribution in [0.5, 0.6) is 0 Å². The molecule has 21 heavy (non-hydrogen) atoms. The van der Waals surface area contributed by atoms with Crippen LogP contribution in [0.1, 0.15) is 18.7 Å². The second kappa shape index (κ2) is 4.98. The summed E-state index contributed by atoms with van der Waals surface area (Å²) in [5.41, 5.74) is 8.52. The smallest absolute Gasteiger partial charge is 0.170 e. The van der Waals surface area contributed by atoms with Crippen molar-refractivity contribution in [3.63, 3.8) is 0 Å². The van der Waals surface area contributed by atoms with E-state index in [1.807, 2.05) is 18.2 Å². The van der Waals surface area contributed by atoms with Gasteiger partial charge in [-0.3, -0.25) is 4.90 Å². The second-order valence-corrected chi connectivity index (χ2v) is 5.84. The van der Waals surface area contributed by atoms with Crippen LogP contribution < -0.4 is 5.73 Å². The van der Waals surface area contributed by atoms with Crippen molar-refractivity contribution in [2.24, 2.45) is 0 Å². The number of rotatable bonds is 2. The Labute approximate surface area is 123 Å². The number of H-pyrrole nitrogens is 1. The molecule has 2 aliphatic rings. The highest BCUT2D eigenvalue weighted by atomic mass is 16.7. The van der Waals surface area contributed by atoms with Gasteiger partial charge < -0.3 is 20.2 Å². The summed E-state index contributed by atoms with van der Waals surface area (Å²) in [4.78, 5) is 10.4. The average Bonchev–Trinajstić information content (AvgIpc) is 3.08. The van der Waals surface area contributed by atoms with E-state index in [0.29, 0.717) is 0 Å². The van der Waals surface area contributed by atoms with Gasteiger partial charge in [0.05, 0.1) is 30.8 Å². The van der Waals surface area contributed by atoms with Crippen LogP contribution in [0.25, 0.3) is 11.0 Å². The van der Waals surface area contributed by atoms with Crippen molar-refractivity contribution in [2.45, 2.75) is 25.2 Å². The second-order valence-electron chi connectivity index (χ2n) is 5.84. The summed E-state index contributed by atoms with van der Waals surface area (Å²) in [5.74, 6) is 0.679. The van der Waals surface area contributed by atoms with Gasteiger partial charge in [0.2, 0.25) is 0 Å². The maximum Gasteiger partial charge on any atom is 0.170 e. The van der Waals surface area contributed by atoms with Gasteiger partial charge >= 0.3 is 0 Å². The Kier molecular flexibility index (Phi) is 3.10. The molecule has 2 fully saturated rings. The summed E-state index contributed by atoms with van der Waals surface area (Å²) in [6, 6.07) is 5.76. The Morgan fingerprint density at radius 1 is 1.24 bits per heavy atom. The number of aromatic amines is 1. The van der Waals surface area contributed by atoms with E-state index in [1.165, 1.54) is 0 Å². The summed E-state index contributed by atoms with van der Waals surface area (Å²) in [6.07, 6.45) is 1.86. The minimum Gasteiger partial charge on any atom is -0.399 e. The molecule has 2 saturated heterocycles. The van der Waals surface area contributed by atoms with Crippen LogP contribution in [0.4, 0.5) is 5.69 Å². The molecule has 0 aliphatic carbocycles. The molecule has 2 aromatic rings. The third kappa shape index (κ3) is 2.50. The largest absolute Gasteiger partial charge is 0.399 e. The number of nitrogens with two attached hydrogens (primary N) is 1. The predicted octanol–water partition coefficient (Wildman–Crippen LogP) is 1.48. The molecule has 6 nitrogen and oxygen atoms in total. The maximum atomic E-state index is 5.80. The standard InChI is InChI=1S/C15H20N4O2/c16-11-1-2-12-13(9-11)18-14(17-12)10-19-5-3-15(4-6-19)20-7-8-21-15/h1-2,9H,3-8,10,16H2,(H,17,18). The van der Waals surface area contributed by atoms with Crippen molar-refractivity contribution in [1.82, 2.24) is 14.9 Å². The molecule has 3 N–H and O–H groups in total. The summed E-state index contributed by atoms with van der Waals surface area (Å²) in [6.45, 7) is 4.22. The number of ether oxygens (including phenoxy) is 2. The number of nitrogens with one attached hydrogen (secondary N) is 1. The fraction of sp³-hybridized carbons (Fsp3) is 0.533. The number of imidazole rings is 1. The zero-order chi connectivity index (χ0) is 14.3. The number of hydrogen-bond donors (Lipinski definition) is 2. The van der Waals surface area contributed by atoms with Gasteiger partial charge in [0, 0.05) is 31.6 Å². The lowest BCUT2D eigenvalue weighted by molar-refractivity contribution is -0.185. The predicted molar refractivity (Wildman–Crippen MR) is 79.7 cm³/mol. The highest BCUT2D eigenvalue weighted by molar-refractivity contribution is 5.78. The zero-order valence-corrected chi connectivity index (χ0v) is 12.0. The van der Waals surface area contributed by atoms with Crippen LogP contribution in [0.3, 0.4) is 0 Å². The van der Waals surface area contributed by atoms with E-state index in [-0.39, 0.29) is 5.79 Å². The molecule has 4 rings (SSSR count). The topological polar surface area (TPSA) is 76.4 Å². The van der Waals surface area contributed by atoms with Gasteiger partial charge in [-0.05, 0) is 18.2 Å². The summed E-state index contributed by atoms with van der Waals surface area (Å²) >= 11 is 0.